The number of hydrogen-bond donors (Lipinski definition) is 1. The molecule has 4 heteroatoms. The van der Waals surface area contributed by atoms with Crippen molar-refractivity contribution in [1.82, 2.24) is 4.98 Å². The molecule has 1 aliphatic carbocycles. The minimum Gasteiger partial charge on any atom is -0.353 e. The molecule has 0 aromatic carbocycles. The zero-order valence-corrected chi connectivity index (χ0v) is 12.1. The van der Waals surface area contributed by atoms with E-state index < -0.39 is 0 Å². The monoisotopic (exact) mass is 279 g/mol. The van der Waals surface area contributed by atoms with Crippen molar-refractivity contribution in [2.24, 2.45) is 11.7 Å². The molecule has 1 saturated heterocycles. The van der Waals surface area contributed by atoms with Crippen LogP contribution in [0, 0.1) is 5.92 Å². The summed E-state index contributed by atoms with van der Waals surface area (Å²) in [5, 5.41) is 0.684. The van der Waals surface area contributed by atoms with Gasteiger partial charge in [-0.2, -0.15) is 0 Å². The van der Waals surface area contributed by atoms with E-state index in [1.165, 1.54) is 38.5 Å². The van der Waals surface area contributed by atoms with E-state index in [0.29, 0.717) is 17.6 Å². The molecule has 104 valence electrons. The molecule has 1 aliphatic heterocycles. The Bertz CT molecular complexity index is 447. The van der Waals surface area contributed by atoms with E-state index in [4.69, 9.17) is 17.3 Å². The second-order valence-corrected chi connectivity index (χ2v) is 6.16. The maximum Gasteiger partial charge on any atom is 0.129 e. The maximum absolute atomic E-state index is 6.11. The van der Waals surface area contributed by atoms with Gasteiger partial charge in [-0.1, -0.05) is 24.4 Å². The highest BCUT2D eigenvalue weighted by molar-refractivity contribution is 6.31. The molecule has 2 aliphatic rings. The van der Waals surface area contributed by atoms with E-state index in [2.05, 4.69) is 16.0 Å². The Labute approximate surface area is 120 Å². The fraction of sp³-hybridized carbons (Fsp3) is 0.667. The van der Waals surface area contributed by atoms with Crippen molar-refractivity contribution in [3.63, 3.8) is 0 Å². The summed E-state index contributed by atoms with van der Waals surface area (Å²) < 4.78 is 0. The molecular formula is C15H22ClN3. The fourth-order valence-corrected chi connectivity index (χ4v) is 3.87. The van der Waals surface area contributed by atoms with Crippen LogP contribution in [0.1, 0.15) is 44.2 Å². The zero-order chi connectivity index (χ0) is 13.2. The standard InChI is InChI=1S/C15H22ClN3/c16-12-7-8-15(18-13(12)10-17)19-9-3-5-11-4-1-2-6-14(11)19/h7-8,11,14H,1-6,9-10,17H2/t11-,14-/m1/s1. The minimum atomic E-state index is 0.411. The van der Waals surface area contributed by atoms with Gasteiger partial charge in [-0.15, -0.1) is 0 Å². The van der Waals surface area contributed by atoms with Crippen molar-refractivity contribution < 1.29 is 0 Å². The zero-order valence-electron chi connectivity index (χ0n) is 11.3. The molecule has 3 nitrogen and oxygen atoms in total. The molecule has 0 radical (unpaired) electrons. The molecule has 0 spiro atoms. The maximum atomic E-state index is 6.11. The van der Waals surface area contributed by atoms with Gasteiger partial charge in [-0.05, 0) is 43.7 Å². The third kappa shape index (κ3) is 2.59. The van der Waals surface area contributed by atoms with Crippen LogP contribution in [0.3, 0.4) is 0 Å². The highest BCUT2D eigenvalue weighted by Gasteiger charge is 2.33. The smallest absolute Gasteiger partial charge is 0.129 e. The lowest BCUT2D eigenvalue weighted by atomic mass is 9.78. The molecule has 0 amide bonds. The molecule has 1 aromatic rings. The average Bonchev–Trinajstić information content (AvgIpc) is 2.47. The van der Waals surface area contributed by atoms with E-state index >= 15 is 0 Å². The lowest BCUT2D eigenvalue weighted by Gasteiger charge is -2.45. The number of rotatable bonds is 2. The normalized spacial score (nSPS) is 27.2. The number of nitrogens with zero attached hydrogens (tertiary/aromatic N) is 2. The molecule has 2 heterocycles. The van der Waals surface area contributed by atoms with E-state index in [1.807, 2.05) is 6.07 Å². The number of nitrogens with two attached hydrogens (primary N) is 1. The molecular weight excluding hydrogens is 258 g/mol. The van der Waals surface area contributed by atoms with E-state index in [0.717, 1.165) is 24.0 Å². The fourth-order valence-electron chi connectivity index (χ4n) is 3.69. The van der Waals surface area contributed by atoms with Gasteiger partial charge in [0.15, 0.2) is 0 Å². The Hall–Kier alpha value is -0.800. The topological polar surface area (TPSA) is 42.1 Å². The van der Waals surface area contributed by atoms with Gasteiger partial charge < -0.3 is 10.6 Å². The van der Waals surface area contributed by atoms with Crippen LogP contribution in [0.2, 0.25) is 5.02 Å². The largest absolute Gasteiger partial charge is 0.353 e. The molecule has 1 saturated carbocycles. The molecule has 2 N–H and O–H groups in total. The Morgan fingerprint density at radius 1 is 1.21 bits per heavy atom. The second kappa shape index (κ2) is 5.68. The molecule has 2 fully saturated rings. The summed E-state index contributed by atoms with van der Waals surface area (Å²) in [5.41, 5.74) is 6.53. The SMILES string of the molecule is NCc1nc(N2CCC[C@H]3CCCC[C@H]32)ccc1Cl. The van der Waals surface area contributed by atoms with Crippen molar-refractivity contribution in [1.29, 1.82) is 0 Å². The van der Waals surface area contributed by atoms with Crippen molar-refractivity contribution in [2.45, 2.75) is 51.1 Å². The molecule has 2 atom stereocenters. The van der Waals surface area contributed by atoms with Crippen LogP contribution >= 0.6 is 11.6 Å². The van der Waals surface area contributed by atoms with Gasteiger partial charge in [-0.3, -0.25) is 0 Å². The third-order valence-electron chi connectivity index (χ3n) is 4.63. The summed E-state index contributed by atoms with van der Waals surface area (Å²) >= 11 is 6.11. The van der Waals surface area contributed by atoms with Gasteiger partial charge >= 0.3 is 0 Å². The van der Waals surface area contributed by atoms with Gasteiger partial charge in [0.2, 0.25) is 0 Å². The number of piperidine rings is 1. The van der Waals surface area contributed by atoms with E-state index in [9.17, 15) is 0 Å². The van der Waals surface area contributed by atoms with Gasteiger partial charge in [0, 0.05) is 19.1 Å². The van der Waals surface area contributed by atoms with Crippen LogP contribution in [-0.2, 0) is 6.54 Å². The Morgan fingerprint density at radius 3 is 2.84 bits per heavy atom. The van der Waals surface area contributed by atoms with Crippen LogP contribution in [-0.4, -0.2) is 17.6 Å². The van der Waals surface area contributed by atoms with Gasteiger partial charge in [0.05, 0.1) is 10.7 Å². The average molecular weight is 280 g/mol. The Balaban J connectivity index is 1.87. The summed E-state index contributed by atoms with van der Waals surface area (Å²) in [7, 11) is 0. The number of pyridine rings is 1. The first-order chi connectivity index (χ1) is 9.29. The first-order valence-corrected chi connectivity index (χ1v) is 7.79. The predicted octanol–water partition coefficient (Wildman–Crippen LogP) is 3.35. The molecule has 3 rings (SSSR count). The van der Waals surface area contributed by atoms with Crippen LogP contribution in [0.5, 0.6) is 0 Å². The van der Waals surface area contributed by atoms with E-state index in [-0.39, 0.29) is 0 Å². The van der Waals surface area contributed by atoms with Crippen molar-refractivity contribution in [3.8, 4) is 0 Å². The number of anilines is 1. The number of aromatic nitrogens is 1. The molecule has 19 heavy (non-hydrogen) atoms. The highest BCUT2D eigenvalue weighted by atomic mass is 35.5. The summed E-state index contributed by atoms with van der Waals surface area (Å²) in [5.74, 6) is 1.93. The lowest BCUT2D eigenvalue weighted by molar-refractivity contribution is 0.242. The third-order valence-corrected chi connectivity index (χ3v) is 4.98. The summed E-state index contributed by atoms with van der Waals surface area (Å²) in [6.45, 7) is 1.54. The molecule has 0 unspecified atom stereocenters. The van der Waals surface area contributed by atoms with Crippen molar-refractivity contribution in [3.05, 3.63) is 22.8 Å². The highest BCUT2D eigenvalue weighted by Crippen LogP contribution is 2.37. The van der Waals surface area contributed by atoms with Crippen LogP contribution in [0.4, 0.5) is 5.82 Å². The van der Waals surface area contributed by atoms with Gasteiger partial charge in [-0.25, -0.2) is 4.98 Å². The van der Waals surface area contributed by atoms with Crippen molar-refractivity contribution in [2.75, 3.05) is 11.4 Å². The quantitative estimate of drug-likeness (QED) is 0.903. The summed E-state index contributed by atoms with van der Waals surface area (Å²) in [6, 6.07) is 4.68. The van der Waals surface area contributed by atoms with Crippen molar-refractivity contribution >= 4 is 17.4 Å². The molecule has 0 bridgehead atoms. The first-order valence-electron chi connectivity index (χ1n) is 7.41. The van der Waals surface area contributed by atoms with Crippen LogP contribution < -0.4 is 10.6 Å². The first kappa shape index (κ1) is 13.2. The number of fused-ring (bicyclic) bond motifs is 1. The Morgan fingerprint density at radius 2 is 2.00 bits per heavy atom. The molecule has 1 aromatic heterocycles. The van der Waals surface area contributed by atoms with Crippen LogP contribution in [0.15, 0.2) is 12.1 Å². The lowest BCUT2D eigenvalue weighted by Crippen LogP contribution is -2.47. The van der Waals surface area contributed by atoms with Gasteiger partial charge in [0.1, 0.15) is 5.82 Å². The minimum absolute atomic E-state index is 0.411. The van der Waals surface area contributed by atoms with E-state index in [1.54, 1.807) is 0 Å². The second-order valence-electron chi connectivity index (χ2n) is 5.75. The summed E-state index contributed by atoms with van der Waals surface area (Å²) in [4.78, 5) is 7.18. The summed E-state index contributed by atoms with van der Waals surface area (Å²) in [6.07, 6.45) is 8.12. The Kier molecular flexibility index (Phi) is 3.94. The number of hydrogen-bond acceptors (Lipinski definition) is 3. The van der Waals surface area contributed by atoms with Crippen LogP contribution in [0.25, 0.3) is 0 Å². The predicted molar refractivity (Wildman–Crippen MR) is 79.5 cm³/mol. The number of halogens is 1. The van der Waals surface area contributed by atoms with Gasteiger partial charge in [0.25, 0.3) is 0 Å².